The molecule has 1 aliphatic carbocycles. The van der Waals surface area contributed by atoms with E-state index in [0.717, 1.165) is 24.2 Å². The summed E-state index contributed by atoms with van der Waals surface area (Å²) in [4.78, 5) is 26.7. The third-order valence-electron chi connectivity index (χ3n) is 5.37. The number of rotatable bonds is 4. The molecule has 1 aromatic carbocycles. The van der Waals surface area contributed by atoms with Gasteiger partial charge < -0.3 is 19.7 Å². The molecule has 6 nitrogen and oxygen atoms in total. The van der Waals surface area contributed by atoms with Crippen molar-refractivity contribution in [3.63, 3.8) is 0 Å². The molecule has 0 aromatic heterocycles. The van der Waals surface area contributed by atoms with Crippen molar-refractivity contribution >= 4 is 11.8 Å². The first-order chi connectivity index (χ1) is 12.2. The summed E-state index contributed by atoms with van der Waals surface area (Å²) in [5.74, 6) is 1.47. The number of nitrogens with one attached hydrogen (secondary N) is 1. The van der Waals surface area contributed by atoms with Gasteiger partial charge in [0.2, 0.25) is 18.6 Å². The third kappa shape index (κ3) is 3.43. The van der Waals surface area contributed by atoms with Gasteiger partial charge in [-0.05, 0) is 37.0 Å². The van der Waals surface area contributed by atoms with Crippen LogP contribution in [0.2, 0.25) is 0 Å². The summed E-state index contributed by atoms with van der Waals surface area (Å²) in [5, 5.41) is 3.16. The first-order valence-corrected chi connectivity index (χ1v) is 9.19. The lowest BCUT2D eigenvalue weighted by Crippen LogP contribution is -2.48. The van der Waals surface area contributed by atoms with Crippen LogP contribution in [-0.4, -0.2) is 35.6 Å². The lowest BCUT2D eigenvalue weighted by molar-refractivity contribution is -0.136. The maximum absolute atomic E-state index is 12.7. The molecule has 1 saturated heterocycles. The van der Waals surface area contributed by atoms with Crippen molar-refractivity contribution in [2.75, 3.05) is 6.79 Å². The smallest absolute Gasteiger partial charge is 0.243 e. The maximum atomic E-state index is 12.7. The molecule has 1 atom stereocenters. The first-order valence-electron chi connectivity index (χ1n) is 9.19. The van der Waals surface area contributed by atoms with Gasteiger partial charge in [0, 0.05) is 19.0 Å². The fourth-order valence-corrected chi connectivity index (χ4v) is 3.98. The minimum absolute atomic E-state index is 0.00140. The van der Waals surface area contributed by atoms with Gasteiger partial charge in [0.15, 0.2) is 11.5 Å². The molecule has 2 aliphatic heterocycles. The Hall–Kier alpha value is -2.24. The largest absolute Gasteiger partial charge is 0.454 e. The predicted octanol–water partition coefficient (Wildman–Crippen LogP) is 2.36. The van der Waals surface area contributed by atoms with Crippen LogP contribution in [0.25, 0.3) is 0 Å². The zero-order chi connectivity index (χ0) is 17.2. The number of fused-ring (bicyclic) bond motifs is 1. The summed E-state index contributed by atoms with van der Waals surface area (Å²) in [7, 11) is 0. The van der Waals surface area contributed by atoms with Crippen LogP contribution in [-0.2, 0) is 16.1 Å². The Balaban J connectivity index is 1.43. The van der Waals surface area contributed by atoms with E-state index < -0.39 is 0 Å². The summed E-state index contributed by atoms with van der Waals surface area (Å²) in [6.07, 6.45) is 6.74. The number of amides is 2. The van der Waals surface area contributed by atoms with Crippen LogP contribution in [0, 0.1) is 0 Å². The van der Waals surface area contributed by atoms with Crippen LogP contribution >= 0.6 is 0 Å². The highest BCUT2D eigenvalue weighted by atomic mass is 16.7. The zero-order valence-corrected chi connectivity index (χ0v) is 14.3. The summed E-state index contributed by atoms with van der Waals surface area (Å²) in [6, 6.07) is 5.58. The van der Waals surface area contributed by atoms with Crippen molar-refractivity contribution in [3.8, 4) is 11.5 Å². The molecule has 1 aromatic rings. The van der Waals surface area contributed by atoms with Crippen LogP contribution in [0.4, 0.5) is 0 Å². The van der Waals surface area contributed by atoms with Crippen LogP contribution < -0.4 is 14.8 Å². The standard InChI is InChI=1S/C19H24N2O4/c22-18-9-7-15(19(23)20-14-4-2-1-3-5-14)21(18)11-13-6-8-16-17(10-13)25-12-24-16/h6,8,10,14-15H,1-5,7,9,11-12H2,(H,20,23)/t15-/m0/s1. The van der Waals surface area contributed by atoms with Crippen molar-refractivity contribution in [2.45, 2.75) is 63.6 Å². The second-order valence-corrected chi connectivity index (χ2v) is 7.11. The SMILES string of the molecule is O=C(NC1CCCCC1)[C@@H]1CCC(=O)N1Cc1ccc2c(c1)OCO2. The Morgan fingerprint density at radius 3 is 2.76 bits per heavy atom. The average Bonchev–Trinajstić information content (AvgIpc) is 3.23. The summed E-state index contributed by atoms with van der Waals surface area (Å²) in [5.41, 5.74) is 0.954. The van der Waals surface area contributed by atoms with E-state index in [-0.39, 0.29) is 30.7 Å². The van der Waals surface area contributed by atoms with Gasteiger partial charge in [0.05, 0.1) is 0 Å². The topological polar surface area (TPSA) is 67.9 Å². The second kappa shape index (κ2) is 6.94. The van der Waals surface area contributed by atoms with E-state index in [4.69, 9.17) is 9.47 Å². The molecule has 0 unspecified atom stereocenters. The molecule has 0 radical (unpaired) electrons. The highest BCUT2D eigenvalue weighted by molar-refractivity contribution is 5.91. The maximum Gasteiger partial charge on any atom is 0.243 e. The van der Waals surface area contributed by atoms with Gasteiger partial charge in [-0.3, -0.25) is 9.59 Å². The number of carbonyl (C=O) groups is 2. The van der Waals surface area contributed by atoms with Gasteiger partial charge in [0.1, 0.15) is 6.04 Å². The number of ether oxygens (including phenoxy) is 2. The number of nitrogens with zero attached hydrogens (tertiary/aromatic N) is 1. The molecule has 25 heavy (non-hydrogen) atoms. The molecular formula is C19H24N2O4. The van der Waals surface area contributed by atoms with E-state index >= 15 is 0 Å². The Morgan fingerprint density at radius 2 is 1.92 bits per heavy atom. The molecule has 3 aliphatic rings. The van der Waals surface area contributed by atoms with E-state index in [0.29, 0.717) is 25.1 Å². The molecule has 0 bridgehead atoms. The van der Waals surface area contributed by atoms with Crippen molar-refractivity contribution in [3.05, 3.63) is 23.8 Å². The van der Waals surface area contributed by atoms with Crippen LogP contribution in [0.3, 0.4) is 0 Å². The van der Waals surface area contributed by atoms with Gasteiger partial charge in [-0.1, -0.05) is 25.3 Å². The monoisotopic (exact) mass is 344 g/mol. The van der Waals surface area contributed by atoms with Gasteiger partial charge in [0.25, 0.3) is 0 Å². The third-order valence-corrected chi connectivity index (χ3v) is 5.37. The second-order valence-electron chi connectivity index (χ2n) is 7.11. The van der Waals surface area contributed by atoms with Gasteiger partial charge in [-0.25, -0.2) is 0 Å². The number of likely N-dealkylation sites (tertiary alicyclic amines) is 1. The van der Waals surface area contributed by atoms with Crippen molar-refractivity contribution in [1.82, 2.24) is 10.2 Å². The van der Waals surface area contributed by atoms with E-state index in [2.05, 4.69) is 5.32 Å². The average molecular weight is 344 g/mol. The Kier molecular flexibility index (Phi) is 4.51. The van der Waals surface area contributed by atoms with Gasteiger partial charge >= 0.3 is 0 Å². The number of carbonyl (C=O) groups excluding carboxylic acids is 2. The van der Waals surface area contributed by atoms with Gasteiger partial charge in [-0.2, -0.15) is 0 Å². The Bertz CT molecular complexity index is 669. The highest BCUT2D eigenvalue weighted by Gasteiger charge is 2.36. The summed E-state index contributed by atoms with van der Waals surface area (Å²) in [6.45, 7) is 0.659. The highest BCUT2D eigenvalue weighted by Crippen LogP contribution is 2.33. The fourth-order valence-electron chi connectivity index (χ4n) is 3.98. The fraction of sp³-hybridized carbons (Fsp3) is 0.579. The number of benzene rings is 1. The van der Waals surface area contributed by atoms with Crippen LogP contribution in [0.15, 0.2) is 18.2 Å². The molecule has 2 amide bonds. The number of hydrogen-bond donors (Lipinski definition) is 1. The molecule has 0 spiro atoms. The minimum Gasteiger partial charge on any atom is -0.454 e. The van der Waals surface area contributed by atoms with E-state index in [9.17, 15) is 9.59 Å². The lowest BCUT2D eigenvalue weighted by Gasteiger charge is -2.28. The van der Waals surface area contributed by atoms with E-state index in [1.54, 1.807) is 4.90 Å². The first kappa shape index (κ1) is 16.2. The number of hydrogen-bond acceptors (Lipinski definition) is 4. The van der Waals surface area contributed by atoms with Crippen molar-refractivity contribution in [2.24, 2.45) is 0 Å². The van der Waals surface area contributed by atoms with E-state index in [1.807, 2.05) is 18.2 Å². The predicted molar refractivity (Wildman–Crippen MR) is 91.2 cm³/mol. The molecule has 1 saturated carbocycles. The molecule has 6 heteroatoms. The van der Waals surface area contributed by atoms with Crippen molar-refractivity contribution in [1.29, 1.82) is 0 Å². The van der Waals surface area contributed by atoms with Crippen LogP contribution in [0.1, 0.15) is 50.5 Å². The van der Waals surface area contributed by atoms with Crippen molar-refractivity contribution < 1.29 is 19.1 Å². The summed E-state index contributed by atoms with van der Waals surface area (Å²) >= 11 is 0. The normalized spacial score (nSPS) is 23.1. The minimum atomic E-state index is -0.361. The van der Waals surface area contributed by atoms with Gasteiger partial charge in [-0.15, -0.1) is 0 Å². The van der Waals surface area contributed by atoms with Crippen LogP contribution in [0.5, 0.6) is 11.5 Å². The molecule has 2 fully saturated rings. The Morgan fingerprint density at radius 1 is 1.12 bits per heavy atom. The molecule has 1 N–H and O–H groups in total. The molecule has 2 heterocycles. The quantitative estimate of drug-likeness (QED) is 0.910. The lowest BCUT2D eigenvalue weighted by atomic mass is 9.95. The van der Waals surface area contributed by atoms with E-state index in [1.165, 1.54) is 19.3 Å². The summed E-state index contributed by atoms with van der Waals surface area (Å²) < 4.78 is 10.7. The zero-order valence-electron chi connectivity index (χ0n) is 14.3. The molecular weight excluding hydrogens is 320 g/mol. The molecule has 134 valence electrons. The Labute approximate surface area is 147 Å². The molecule has 4 rings (SSSR count).